The number of rotatable bonds is 4. The van der Waals surface area contributed by atoms with Crippen molar-refractivity contribution >= 4 is 5.70 Å². The minimum atomic E-state index is -0.910. The predicted molar refractivity (Wildman–Crippen MR) is 64.3 cm³/mol. The molecular formula is C13H10F2N2O3. The van der Waals surface area contributed by atoms with Crippen LogP contribution >= 0.6 is 0 Å². The average molecular weight is 280 g/mol. The summed E-state index contributed by atoms with van der Waals surface area (Å²) in [5, 5.41) is 3.59. The van der Waals surface area contributed by atoms with Gasteiger partial charge < -0.3 is 9.26 Å². The first kappa shape index (κ1) is 12.6. The Morgan fingerprint density at radius 2 is 2.15 bits per heavy atom. The second-order valence-corrected chi connectivity index (χ2v) is 4.12. The Morgan fingerprint density at radius 3 is 2.90 bits per heavy atom. The van der Waals surface area contributed by atoms with Gasteiger partial charge in [0.2, 0.25) is 0 Å². The average Bonchev–Trinajstić information content (AvgIpc) is 3.10. The number of nitrogens with one attached hydrogen (secondary N) is 1. The van der Waals surface area contributed by atoms with Gasteiger partial charge in [0, 0.05) is 11.6 Å². The topological polar surface area (TPSA) is 56.5 Å². The highest BCUT2D eigenvalue weighted by molar-refractivity contribution is 5.64. The summed E-state index contributed by atoms with van der Waals surface area (Å²) < 4.78 is 35.9. The molecule has 0 spiro atoms. The zero-order chi connectivity index (χ0) is 13.9. The van der Waals surface area contributed by atoms with Crippen molar-refractivity contribution in [3.05, 3.63) is 53.8 Å². The fourth-order valence-electron chi connectivity index (χ4n) is 1.74. The number of hydrogen-bond donors (Lipinski definition) is 1. The number of hydroxylamine groups is 1. The lowest BCUT2D eigenvalue weighted by molar-refractivity contribution is 0.0219. The molecule has 0 aliphatic carbocycles. The van der Waals surface area contributed by atoms with E-state index in [-0.39, 0.29) is 12.7 Å². The normalized spacial score (nSPS) is 17.7. The molecule has 2 heterocycles. The van der Waals surface area contributed by atoms with Crippen LogP contribution in [0.5, 0.6) is 5.88 Å². The first-order valence-corrected chi connectivity index (χ1v) is 5.84. The molecule has 1 atom stereocenters. The first-order chi connectivity index (χ1) is 9.72. The van der Waals surface area contributed by atoms with Gasteiger partial charge in [-0.15, -0.1) is 0 Å². The molecule has 1 N–H and O–H groups in total. The summed E-state index contributed by atoms with van der Waals surface area (Å²) >= 11 is 0. The molecule has 0 saturated heterocycles. The fourth-order valence-corrected chi connectivity index (χ4v) is 1.74. The van der Waals surface area contributed by atoms with Crippen LogP contribution in [0.25, 0.3) is 5.70 Å². The van der Waals surface area contributed by atoms with Gasteiger partial charge in [0.15, 0.2) is 11.6 Å². The van der Waals surface area contributed by atoms with Crippen molar-refractivity contribution in [1.29, 1.82) is 0 Å². The van der Waals surface area contributed by atoms with Crippen LogP contribution in [-0.2, 0) is 4.84 Å². The summed E-state index contributed by atoms with van der Waals surface area (Å²) in [6.45, 7) is 0.215. The van der Waals surface area contributed by atoms with Gasteiger partial charge in [-0.25, -0.2) is 8.78 Å². The van der Waals surface area contributed by atoms with Crippen molar-refractivity contribution in [3.63, 3.8) is 0 Å². The maximum Gasteiger partial charge on any atom is 0.254 e. The summed E-state index contributed by atoms with van der Waals surface area (Å²) in [5.41, 5.74) is 3.69. The molecule has 1 aromatic heterocycles. The summed E-state index contributed by atoms with van der Waals surface area (Å²) in [7, 11) is 0. The third-order valence-electron chi connectivity index (χ3n) is 2.71. The van der Waals surface area contributed by atoms with Crippen molar-refractivity contribution < 1.29 is 22.9 Å². The Balaban J connectivity index is 1.66. The molecule has 20 heavy (non-hydrogen) atoms. The van der Waals surface area contributed by atoms with Gasteiger partial charge in [-0.05, 0) is 29.4 Å². The summed E-state index contributed by atoms with van der Waals surface area (Å²) in [6, 6.07) is 5.19. The van der Waals surface area contributed by atoms with Crippen molar-refractivity contribution in [2.75, 3.05) is 6.61 Å². The molecular weight excluding hydrogens is 270 g/mol. The molecule has 0 amide bonds. The van der Waals surface area contributed by atoms with Gasteiger partial charge in [-0.2, -0.15) is 0 Å². The molecule has 7 heteroatoms. The van der Waals surface area contributed by atoms with E-state index in [1.165, 1.54) is 12.3 Å². The van der Waals surface area contributed by atoms with Crippen LogP contribution in [0, 0.1) is 11.6 Å². The molecule has 0 saturated carbocycles. The lowest BCUT2D eigenvalue weighted by Crippen LogP contribution is -2.19. The summed E-state index contributed by atoms with van der Waals surface area (Å²) in [6.07, 6.45) is 2.74. The van der Waals surface area contributed by atoms with Crippen molar-refractivity contribution in [3.8, 4) is 5.88 Å². The molecule has 0 bridgehead atoms. The largest absolute Gasteiger partial charge is 0.472 e. The van der Waals surface area contributed by atoms with E-state index < -0.39 is 11.6 Å². The Morgan fingerprint density at radius 1 is 1.25 bits per heavy atom. The van der Waals surface area contributed by atoms with Crippen molar-refractivity contribution in [2.45, 2.75) is 6.10 Å². The van der Waals surface area contributed by atoms with Crippen LogP contribution in [0.2, 0.25) is 0 Å². The Hall–Kier alpha value is -2.41. The molecule has 0 fully saturated rings. The highest BCUT2D eigenvalue weighted by Crippen LogP contribution is 2.20. The van der Waals surface area contributed by atoms with E-state index in [0.717, 1.165) is 12.1 Å². The first-order valence-electron chi connectivity index (χ1n) is 5.84. The number of halogens is 2. The highest BCUT2D eigenvalue weighted by Gasteiger charge is 2.19. The van der Waals surface area contributed by atoms with E-state index in [0.29, 0.717) is 17.1 Å². The number of nitrogens with zero attached hydrogens (tertiary/aromatic N) is 1. The second-order valence-electron chi connectivity index (χ2n) is 4.12. The smallest absolute Gasteiger partial charge is 0.254 e. The van der Waals surface area contributed by atoms with Crippen LogP contribution in [0.4, 0.5) is 8.78 Å². The Kier molecular flexibility index (Phi) is 3.34. The third-order valence-corrected chi connectivity index (χ3v) is 2.71. The summed E-state index contributed by atoms with van der Waals surface area (Å²) in [4.78, 5) is 5.25. The monoisotopic (exact) mass is 280 g/mol. The molecule has 2 aromatic rings. The SMILES string of the molecule is Fc1ccc(C2=CC(COc3ccon3)ON2)cc1F. The van der Waals surface area contributed by atoms with E-state index >= 15 is 0 Å². The standard InChI is InChI=1S/C13H10F2N2O3/c14-10-2-1-8(5-11(10)15)12-6-9(20-16-12)7-18-13-3-4-19-17-13/h1-6,9,16H,7H2. The third kappa shape index (κ3) is 2.62. The zero-order valence-corrected chi connectivity index (χ0v) is 10.2. The second kappa shape index (κ2) is 5.30. The maximum absolute atomic E-state index is 13.1. The molecule has 5 nitrogen and oxygen atoms in total. The minimum Gasteiger partial charge on any atom is -0.472 e. The molecule has 3 rings (SSSR count). The van der Waals surface area contributed by atoms with Crippen molar-refractivity contribution in [2.24, 2.45) is 0 Å². The number of aromatic nitrogens is 1. The van der Waals surface area contributed by atoms with Crippen LogP contribution < -0.4 is 10.2 Å². The lowest BCUT2D eigenvalue weighted by Gasteiger charge is -2.07. The number of benzene rings is 1. The van der Waals surface area contributed by atoms with Gasteiger partial charge in [0.1, 0.15) is 19.0 Å². The molecule has 1 aliphatic rings. The van der Waals surface area contributed by atoms with Crippen molar-refractivity contribution in [1.82, 2.24) is 10.6 Å². The Bertz CT molecular complexity index is 629. The van der Waals surface area contributed by atoms with Gasteiger partial charge in [-0.1, -0.05) is 0 Å². The van der Waals surface area contributed by atoms with E-state index in [1.807, 2.05) is 0 Å². The van der Waals surface area contributed by atoms with Gasteiger partial charge >= 0.3 is 0 Å². The van der Waals surface area contributed by atoms with E-state index in [9.17, 15) is 8.78 Å². The molecule has 104 valence electrons. The highest BCUT2D eigenvalue weighted by atomic mass is 19.2. The van der Waals surface area contributed by atoms with Crippen LogP contribution in [0.1, 0.15) is 5.56 Å². The van der Waals surface area contributed by atoms with Gasteiger partial charge in [0.25, 0.3) is 5.88 Å². The van der Waals surface area contributed by atoms with E-state index in [4.69, 9.17) is 9.57 Å². The quantitative estimate of drug-likeness (QED) is 0.931. The predicted octanol–water partition coefficient (Wildman–Crippen LogP) is 2.28. The fraction of sp³-hybridized carbons (Fsp3) is 0.154. The molecule has 1 aliphatic heterocycles. The van der Waals surface area contributed by atoms with Crippen LogP contribution in [0.3, 0.4) is 0 Å². The van der Waals surface area contributed by atoms with E-state index in [1.54, 1.807) is 12.1 Å². The molecule has 1 aromatic carbocycles. The van der Waals surface area contributed by atoms with Gasteiger partial charge in [-0.3, -0.25) is 10.3 Å². The van der Waals surface area contributed by atoms with Crippen LogP contribution in [0.15, 0.2) is 41.1 Å². The molecule has 1 unspecified atom stereocenters. The van der Waals surface area contributed by atoms with E-state index in [2.05, 4.69) is 15.2 Å². The van der Waals surface area contributed by atoms with Crippen LogP contribution in [-0.4, -0.2) is 17.9 Å². The minimum absolute atomic E-state index is 0.215. The van der Waals surface area contributed by atoms with Gasteiger partial charge in [0.05, 0.1) is 5.70 Å². The number of hydrogen-bond acceptors (Lipinski definition) is 5. The maximum atomic E-state index is 13.1. The number of ether oxygens (including phenoxy) is 1. The Labute approximate surface area is 112 Å². The summed E-state index contributed by atoms with van der Waals surface area (Å²) in [5.74, 6) is -1.45. The molecule has 0 radical (unpaired) electrons. The zero-order valence-electron chi connectivity index (χ0n) is 10.2. The lowest BCUT2D eigenvalue weighted by atomic mass is 10.1.